The molecule has 2 atom stereocenters. The lowest BCUT2D eigenvalue weighted by molar-refractivity contribution is 0.140. The Morgan fingerprint density at radius 1 is 1.44 bits per heavy atom. The minimum Gasteiger partial charge on any atom is -0.337 e. The highest BCUT2D eigenvalue weighted by atomic mass is 15.2. The van der Waals surface area contributed by atoms with E-state index in [1.807, 2.05) is 12.4 Å². The quantitative estimate of drug-likeness (QED) is 0.864. The Kier molecular flexibility index (Phi) is 4.78. The first-order chi connectivity index (χ1) is 8.72. The van der Waals surface area contributed by atoms with E-state index in [2.05, 4.69) is 40.8 Å². The van der Waals surface area contributed by atoms with Gasteiger partial charge in [-0.3, -0.25) is 4.90 Å². The average Bonchev–Trinajstić information content (AvgIpc) is 2.76. The molecule has 1 aromatic heterocycles. The molecule has 1 aliphatic carbocycles. The fraction of sp³-hybridized carbons (Fsp3) is 0.786. The minimum atomic E-state index is 0.647. The van der Waals surface area contributed by atoms with Crippen molar-refractivity contribution in [2.24, 2.45) is 7.05 Å². The molecule has 1 N–H and O–H groups in total. The van der Waals surface area contributed by atoms with Crippen LogP contribution in [-0.4, -0.2) is 40.1 Å². The van der Waals surface area contributed by atoms with Gasteiger partial charge in [0, 0.05) is 31.5 Å². The zero-order valence-electron chi connectivity index (χ0n) is 11.9. The van der Waals surface area contributed by atoms with Gasteiger partial charge in [-0.05, 0) is 26.4 Å². The van der Waals surface area contributed by atoms with E-state index in [1.54, 1.807) is 0 Å². The van der Waals surface area contributed by atoms with Crippen molar-refractivity contribution in [3.8, 4) is 0 Å². The summed E-state index contributed by atoms with van der Waals surface area (Å²) in [5.41, 5.74) is 0. The van der Waals surface area contributed by atoms with Crippen LogP contribution in [-0.2, 0) is 13.6 Å². The van der Waals surface area contributed by atoms with Crippen LogP contribution in [0, 0.1) is 0 Å². The molecule has 4 nitrogen and oxygen atoms in total. The molecule has 0 radical (unpaired) electrons. The molecule has 1 aromatic rings. The number of hydrogen-bond donors (Lipinski definition) is 1. The zero-order chi connectivity index (χ0) is 13.0. The lowest BCUT2D eigenvalue weighted by atomic mass is 9.89. The lowest BCUT2D eigenvalue weighted by Gasteiger charge is -2.38. The van der Waals surface area contributed by atoms with Crippen LogP contribution in [0.3, 0.4) is 0 Å². The minimum absolute atomic E-state index is 0.647. The summed E-state index contributed by atoms with van der Waals surface area (Å²) in [6.07, 6.45) is 9.24. The third kappa shape index (κ3) is 3.12. The molecule has 0 spiro atoms. The number of hydrogen-bond acceptors (Lipinski definition) is 3. The van der Waals surface area contributed by atoms with E-state index in [0.717, 1.165) is 18.9 Å². The molecular formula is C14H26N4. The molecule has 0 bridgehead atoms. The second kappa shape index (κ2) is 6.34. The van der Waals surface area contributed by atoms with E-state index in [0.29, 0.717) is 12.1 Å². The molecule has 102 valence electrons. The molecule has 0 saturated heterocycles. The van der Waals surface area contributed by atoms with Gasteiger partial charge in [-0.25, -0.2) is 4.98 Å². The SMILES string of the molecule is CCNC1CCCCC1N(C)Cc1nccn1C. The molecule has 4 heteroatoms. The standard InChI is InChI=1S/C14H26N4/c1-4-15-12-7-5-6-8-13(12)18(3)11-14-16-9-10-17(14)2/h9-10,12-13,15H,4-8,11H2,1-3H3. The van der Waals surface area contributed by atoms with Gasteiger partial charge >= 0.3 is 0 Å². The Labute approximate surface area is 110 Å². The van der Waals surface area contributed by atoms with Crippen molar-refractivity contribution < 1.29 is 0 Å². The molecule has 1 heterocycles. The van der Waals surface area contributed by atoms with Gasteiger partial charge in [0.05, 0.1) is 6.54 Å². The van der Waals surface area contributed by atoms with Crippen LogP contribution in [0.4, 0.5) is 0 Å². The molecule has 1 saturated carbocycles. The van der Waals surface area contributed by atoms with Gasteiger partial charge in [-0.2, -0.15) is 0 Å². The Morgan fingerprint density at radius 2 is 2.22 bits per heavy atom. The van der Waals surface area contributed by atoms with Crippen molar-refractivity contribution in [2.45, 2.75) is 51.2 Å². The Hall–Kier alpha value is -0.870. The van der Waals surface area contributed by atoms with Crippen molar-refractivity contribution in [1.29, 1.82) is 0 Å². The predicted molar refractivity (Wildman–Crippen MR) is 74.4 cm³/mol. The number of rotatable bonds is 5. The smallest absolute Gasteiger partial charge is 0.122 e. The van der Waals surface area contributed by atoms with Crippen molar-refractivity contribution in [2.75, 3.05) is 13.6 Å². The molecular weight excluding hydrogens is 224 g/mol. The first kappa shape index (κ1) is 13.6. The fourth-order valence-electron chi connectivity index (χ4n) is 3.03. The first-order valence-corrected chi connectivity index (χ1v) is 7.12. The summed E-state index contributed by atoms with van der Waals surface area (Å²) in [6, 6.07) is 1.30. The Morgan fingerprint density at radius 3 is 2.89 bits per heavy atom. The van der Waals surface area contributed by atoms with E-state index < -0.39 is 0 Å². The maximum Gasteiger partial charge on any atom is 0.122 e. The van der Waals surface area contributed by atoms with Crippen LogP contribution in [0.2, 0.25) is 0 Å². The van der Waals surface area contributed by atoms with Crippen molar-refractivity contribution in [3.05, 3.63) is 18.2 Å². The van der Waals surface area contributed by atoms with Crippen molar-refractivity contribution >= 4 is 0 Å². The Balaban J connectivity index is 1.97. The second-order valence-corrected chi connectivity index (χ2v) is 5.39. The molecule has 1 fully saturated rings. The second-order valence-electron chi connectivity index (χ2n) is 5.39. The number of nitrogens with zero attached hydrogens (tertiary/aromatic N) is 3. The molecule has 1 aliphatic rings. The highest BCUT2D eigenvalue weighted by Gasteiger charge is 2.27. The summed E-state index contributed by atoms with van der Waals surface area (Å²) in [5.74, 6) is 1.15. The van der Waals surface area contributed by atoms with Crippen molar-refractivity contribution in [3.63, 3.8) is 0 Å². The normalized spacial score (nSPS) is 24.7. The molecule has 2 rings (SSSR count). The fourth-order valence-corrected chi connectivity index (χ4v) is 3.03. The van der Waals surface area contributed by atoms with E-state index in [1.165, 1.54) is 25.7 Å². The number of nitrogens with one attached hydrogen (secondary N) is 1. The van der Waals surface area contributed by atoms with Crippen LogP contribution in [0.1, 0.15) is 38.4 Å². The Bertz CT molecular complexity index is 358. The van der Waals surface area contributed by atoms with Gasteiger partial charge in [0.1, 0.15) is 5.82 Å². The molecule has 2 unspecified atom stereocenters. The van der Waals surface area contributed by atoms with Crippen LogP contribution in [0.15, 0.2) is 12.4 Å². The van der Waals surface area contributed by atoms with Gasteiger partial charge in [-0.15, -0.1) is 0 Å². The van der Waals surface area contributed by atoms with E-state index in [9.17, 15) is 0 Å². The molecule has 0 aromatic carbocycles. The van der Waals surface area contributed by atoms with E-state index in [4.69, 9.17) is 0 Å². The molecule has 0 aliphatic heterocycles. The number of likely N-dealkylation sites (N-methyl/N-ethyl adjacent to an activating group) is 2. The van der Waals surface area contributed by atoms with Gasteiger partial charge in [0.15, 0.2) is 0 Å². The summed E-state index contributed by atoms with van der Waals surface area (Å²) in [5, 5.41) is 3.64. The topological polar surface area (TPSA) is 33.1 Å². The number of imidazole rings is 1. The van der Waals surface area contributed by atoms with Crippen molar-refractivity contribution in [1.82, 2.24) is 19.8 Å². The van der Waals surface area contributed by atoms with Gasteiger partial charge in [0.2, 0.25) is 0 Å². The summed E-state index contributed by atoms with van der Waals surface area (Å²) >= 11 is 0. The van der Waals surface area contributed by atoms with E-state index in [-0.39, 0.29) is 0 Å². The summed E-state index contributed by atoms with van der Waals surface area (Å²) in [6.45, 7) is 4.21. The largest absolute Gasteiger partial charge is 0.337 e. The monoisotopic (exact) mass is 250 g/mol. The molecule has 0 amide bonds. The summed E-state index contributed by atoms with van der Waals surface area (Å²) in [4.78, 5) is 6.89. The van der Waals surface area contributed by atoms with Crippen LogP contribution in [0.25, 0.3) is 0 Å². The molecule has 18 heavy (non-hydrogen) atoms. The summed E-state index contributed by atoms with van der Waals surface area (Å²) < 4.78 is 2.11. The maximum atomic E-state index is 4.42. The predicted octanol–water partition coefficient (Wildman–Crippen LogP) is 1.77. The highest BCUT2D eigenvalue weighted by molar-refractivity contribution is 4.94. The number of aryl methyl sites for hydroxylation is 1. The third-order valence-corrected chi connectivity index (χ3v) is 4.07. The number of aromatic nitrogens is 2. The van der Waals surface area contributed by atoms with Crippen LogP contribution in [0.5, 0.6) is 0 Å². The highest BCUT2D eigenvalue weighted by Crippen LogP contribution is 2.23. The summed E-state index contributed by atoms with van der Waals surface area (Å²) in [7, 11) is 4.30. The first-order valence-electron chi connectivity index (χ1n) is 7.12. The van der Waals surface area contributed by atoms with Gasteiger partial charge < -0.3 is 9.88 Å². The van der Waals surface area contributed by atoms with E-state index >= 15 is 0 Å². The van der Waals surface area contributed by atoms with Gasteiger partial charge in [0.25, 0.3) is 0 Å². The maximum absolute atomic E-state index is 4.42. The van der Waals surface area contributed by atoms with Gasteiger partial charge in [-0.1, -0.05) is 19.8 Å². The van der Waals surface area contributed by atoms with Crippen LogP contribution < -0.4 is 5.32 Å². The lowest BCUT2D eigenvalue weighted by Crippen LogP contribution is -2.50. The third-order valence-electron chi connectivity index (χ3n) is 4.07. The average molecular weight is 250 g/mol. The van der Waals surface area contributed by atoms with Crippen LogP contribution >= 0.6 is 0 Å². The zero-order valence-corrected chi connectivity index (χ0v) is 11.9.